The molecule has 2 N–H and O–H groups in total. The Hall–Kier alpha value is -6.16. The molecule has 6 aromatic rings. The molecule has 0 saturated carbocycles. The SMILES string of the molecule is COc1ccc(-c2cc(C(=O)NCCCCCCCNC(=O)c3cc(-c4ccc(OC)cc4OC)nc4ccccc34)c3ccccc3n2)c(OC)c1. The number of methoxy groups -OCH3 is 4. The number of amides is 2. The first kappa shape index (κ1) is 36.6. The lowest BCUT2D eigenvalue weighted by molar-refractivity contribution is 0.0947. The summed E-state index contributed by atoms with van der Waals surface area (Å²) in [6.45, 7) is 1.12. The van der Waals surface area contributed by atoms with Crippen molar-refractivity contribution in [2.75, 3.05) is 41.5 Å². The van der Waals surface area contributed by atoms with Crippen LogP contribution in [0, 0.1) is 0 Å². The predicted molar refractivity (Wildman–Crippen MR) is 208 cm³/mol. The minimum absolute atomic E-state index is 0.141. The van der Waals surface area contributed by atoms with Crippen LogP contribution in [0.1, 0.15) is 52.8 Å². The molecule has 0 bridgehead atoms. The van der Waals surface area contributed by atoms with E-state index in [4.69, 9.17) is 28.9 Å². The first-order valence-corrected chi connectivity index (χ1v) is 17.7. The van der Waals surface area contributed by atoms with Crippen molar-refractivity contribution in [3.05, 3.63) is 108 Å². The molecule has 0 radical (unpaired) electrons. The van der Waals surface area contributed by atoms with Gasteiger partial charge in [-0.25, -0.2) is 9.97 Å². The minimum atomic E-state index is -0.141. The van der Waals surface area contributed by atoms with Gasteiger partial charge in [-0.05, 0) is 61.4 Å². The summed E-state index contributed by atoms with van der Waals surface area (Å²) in [5, 5.41) is 7.79. The number of benzene rings is 4. The molecule has 0 atom stereocenters. The second kappa shape index (κ2) is 17.4. The Morgan fingerprint density at radius 2 is 0.925 bits per heavy atom. The largest absolute Gasteiger partial charge is 0.497 e. The van der Waals surface area contributed by atoms with Crippen molar-refractivity contribution in [3.63, 3.8) is 0 Å². The van der Waals surface area contributed by atoms with E-state index in [0.717, 1.165) is 65.0 Å². The number of hydrogen-bond donors (Lipinski definition) is 2. The van der Waals surface area contributed by atoms with Crippen LogP contribution in [0.5, 0.6) is 23.0 Å². The average molecular weight is 713 g/mol. The van der Waals surface area contributed by atoms with Crippen molar-refractivity contribution in [3.8, 4) is 45.5 Å². The van der Waals surface area contributed by atoms with Gasteiger partial charge in [-0.1, -0.05) is 55.7 Å². The highest BCUT2D eigenvalue weighted by molar-refractivity contribution is 6.08. The molecule has 2 heterocycles. The van der Waals surface area contributed by atoms with Crippen LogP contribution in [0.15, 0.2) is 97.1 Å². The summed E-state index contributed by atoms with van der Waals surface area (Å²) in [4.78, 5) is 36.6. The van der Waals surface area contributed by atoms with Gasteiger partial charge in [0.1, 0.15) is 23.0 Å². The molecule has 0 aliphatic heterocycles. The number of aromatic nitrogens is 2. The maximum atomic E-state index is 13.4. The van der Waals surface area contributed by atoms with Gasteiger partial charge >= 0.3 is 0 Å². The number of ether oxygens (including phenoxy) is 4. The number of carbonyl (C=O) groups is 2. The van der Waals surface area contributed by atoms with Crippen molar-refractivity contribution >= 4 is 33.6 Å². The van der Waals surface area contributed by atoms with Crippen LogP contribution < -0.4 is 29.6 Å². The summed E-state index contributed by atoms with van der Waals surface area (Å²) >= 11 is 0. The molecule has 272 valence electrons. The van der Waals surface area contributed by atoms with Crippen LogP contribution in [0.3, 0.4) is 0 Å². The summed E-state index contributed by atoms with van der Waals surface area (Å²) in [5.41, 5.74) is 5.44. The quantitative estimate of drug-likeness (QED) is 0.0963. The van der Waals surface area contributed by atoms with E-state index in [1.165, 1.54) is 0 Å². The summed E-state index contributed by atoms with van der Waals surface area (Å²) < 4.78 is 21.9. The maximum Gasteiger partial charge on any atom is 0.252 e. The third kappa shape index (κ3) is 8.49. The molecule has 4 aromatic carbocycles. The molecule has 2 aromatic heterocycles. The topological polar surface area (TPSA) is 121 Å². The lowest BCUT2D eigenvalue weighted by atomic mass is 10.0. The highest BCUT2D eigenvalue weighted by atomic mass is 16.5. The zero-order valence-corrected chi connectivity index (χ0v) is 30.5. The van der Waals surface area contributed by atoms with Crippen molar-refractivity contribution < 1.29 is 28.5 Å². The Bertz CT molecular complexity index is 2080. The molecule has 0 unspecified atom stereocenters. The van der Waals surface area contributed by atoms with Gasteiger partial charge in [0.05, 0.1) is 62.0 Å². The van der Waals surface area contributed by atoms with E-state index >= 15 is 0 Å². The third-order valence-corrected chi connectivity index (χ3v) is 9.22. The highest BCUT2D eigenvalue weighted by Crippen LogP contribution is 2.36. The molecular formula is C43H44N4O6. The molecule has 0 fully saturated rings. The van der Waals surface area contributed by atoms with E-state index in [1.54, 1.807) is 40.6 Å². The normalized spacial score (nSPS) is 10.9. The van der Waals surface area contributed by atoms with Crippen molar-refractivity contribution in [2.45, 2.75) is 32.1 Å². The number of rotatable bonds is 16. The fourth-order valence-electron chi connectivity index (χ4n) is 6.40. The van der Waals surface area contributed by atoms with Gasteiger partial charge in [-0.3, -0.25) is 9.59 Å². The molecule has 0 saturated heterocycles. The van der Waals surface area contributed by atoms with E-state index < -0.39 is 0 Å². The lowest BCUT2D eigenvalue weighted by Gasteiger charge is -2.14. The van der Waals surface area contributed by atoms with Crippen molar-refractivity contribution in [1.82, 2.24) is 20.6 Å². The van der Waals surface area contributed by atoms with Gasteiger partial charge < -0.3 is 29.6 Å². The number of para-hydroxylation sites is 2. The van der Waals surface area contributed by atoms with E-state index in [1.807, 2.05) is 84.9 Å². The van der Waals surface area contributed by atoms with Crippen LogP contribution in [0.25, 0.3) is 44.3 Å². The van der Waals surface area contributed by atoms with Gasteiger partial charge in [0, 0.05) is 47.1 Å². The van der Waals surface area contributed by atoms with E-state index in [9.17, 15) is 9.59 Å². The Labute approximate surface area is 309 Å². The van der Waals surface area contributed by atoms with Gasteiger partial charge in [0.2, 0.25) is 0 Å². The van der Waals surface area contributed by atoms with E-state index in [0.29, 0.717) is 58.6 Å². The second-order valence-electron chi connectivity index (χ2n) is 12.6. The third-order valence-electron chi connectivity index (χ3n) is 9.22. The van der Waals surface area contributed by atoms with Crippen LogP contribution >= 0.6 is 0 Å². The van der Waals surface area contributed by atoms with Gasteiger partial charge in [0.25, 0.3) is 11.8 Å². The zero-order chi connectivity index (χ0) is 37.2. The first-order chi connectivity index (χ1) is 25.9. The maximum absolute atomic E-state index is 13.4. The number of unbranched alkanes of at least 4 members (excludes halogenated alkanes) is 4. The fraction of sp³-hybridized carbons (Fsp3) is 0.256. The predicted octanol–water partition coefficient (Wildman–Crippen LogP) is 8.26. The van der Waals surface area contributed by atoms with E-state index in [-0.39, 0.29) is 11.8 Å². The monoisotopic (exact) mass is 712 g/mol. The summed E-state index contributed by atoms with van der Waals surface area (Å²) in [5.74, 6) is 2.30. The van der Waals surface area contributed by atoms with Gasteiger partial charge in [-0.15, -0.1) is 0 Å². The smallest absolute Gasteiger partial charge is 0.252 e. The van der Waals surface area contributed by atoms with Crippen molar-refractivity contribution in [2.24, 2.45) is 0 Å². The summed E-state index contributed by atoms with van der Waals surface area (Å²) in [6.07, 6.45) is 4.61. The first-order valence-electron chi connectivity index (χ1n) is 17.7. The Morgan fingerprint density at radius 1 is 0.509 bits per heavy atom. The molecule has 0 spiro atoms. The molecule has 0 aliphatic carbocycles. The molecule has 53 heavy (non-hydrogen) atoms. The molecule has 0 aliphatic rings. The van der Waals surface area contributed by atoms with Crippen LogP contribution in [-0.2, 0) is 0 Å². The fourth-order valence-corrected chi connectivity index (χ4v) is 6.40. The number of nitrogens with zero attached hydrogens (tertiary/aromatic N) is 2. The second-order valence-corrected chi connectivity index (χ2v) is 12.6. The van der Waals surface area contributed by atoms with Crippen LogP contribution in [0.4, 0.5) is 0 Å². The Balaban J connectivity index is 1.00. The molecular weight excluding hydrogens is 668 g/mol. The summed E-state index contributed by atoms with van der Waals surface area (Å²) in [6, 6.07) is 30.0. The van der Waals surface area contributed by atoms with Crippen LogP contribution in [0.2, 0.25) is 0 Å². The Morgan fingerprint density at radius 3 is 1.34 bits per heavy atom. The number of hydrogen-bond acceptors (Lipinski definition) is 8. The van der Waals surface area contributed by atoms with Crippen molar-refractivity contribution in [1.29, 1.82) is 0 Å². The molecule has 10 nitrogen and oxygen atoms in total. The lowest BCUT2D eigenvalue weighted by Crippen LogP contribution is -2.25. The van der Waals surface area contributed by atoms with Gasteiger partial charge in [-0.2, -0.15) is 0 Å². The molecule has 2 amide bonds. The highest BCUT2D eigenvalue weighted by Gasteiger charge is 2.18. The number of carbonyl (C=O) groups excluding carboxylic acids is 2. The number of fused-ring (bicyclic) bond motifs is 2. The molecule has 6 rings (SSSR count). The molecule has 10 heteroatoms. The number of nitrogens with one attached hydrogen (secondary N) is 2. The minimum Gasteiger partial charge on any atom is -0.497 e. The average Bonchev–Trinajstić information content (AvgIpc) is 3.21. The summed E-state index contributed by atoms with van der Waals surface area (Å²) in [7, 11) is 6.42. The van der Waals surface area contributed by atoms with E-state index in [2.05, 4.69) is 10.6 Å². The number of pyridine rings is 2. The van der Waals surface area contributed by atoms with Crippen LogP contribution in [-0.4, -0.2) is 63.3 Å². The Kier molecular flexibility index (Phi) is 12.0. The van der Waals surface area contributed by atoms with Gasteiger partial charge in [0.15, 0.2) is 0 Å². The zero-order valence-electron chi connectivity index (χ0n) is 30.5. The standard InChI is InChI=1S/C43H44N4O6/c1-50-28-18-20-32(40(24-28)52-3)38-26-34(30-14-8-10-16-36(30)46-38)42(48)44-22-12-6-5-7-13-23-45-43(49)35-27-39(47-37-17-11-9-15-31(35)37)33-21-19-29(51-2)25-41(33)53-4/h8-11,14-21,24-27H,5-7,12-13,22-23H2,1-4H3,(H,44,48)(H,45,49).